The lowest BCUT2D eigenvalue weighted by Crippen LogP contribution is -2.34. The summed E-state index contributed by atoms with van der Waals surface area (Å²) in [6.07, 6.45) is 2.20. The Morgan fingerprint density at radius 2 is 2.03 bits per heavy atom. The molecule has 1 saturated heterocycles. The monoisotopic (exact) mass is 432 g/mol. The van der Waals surface area contributed by atoms with Gasteiger partial charge in [0.1, 0.15) is 11.6 Å². The fourth-order valence-electron chi connectivity index (χ4n) is 3.39. The molecule has 7 heteroatoms. The number of nitrogens with one attached hydrogen (secondary N) is 1. The minimum Gasteiger partial charge on any atom is -0.494 e. The molecule has 0 saturated carbocycles. The van der Waals surface area contributed by atoms with E-state index in [1.165, 1.54) is 23.1 Å². The predicted molar refractivity (Wildman–Crippen MR) is 115 cm³/mol. The second-order valence-corrected chi connectivity index (χ2v) is 7.91. The van der Waals surface area contributed by atoms with Crippen LogP contribution in [0.25, 0.3) is 0 Å². The summed E-state index contributed by atoms with van der Waals surface area (Å²) < 4.78 is 19.0. The fraction of sp³-hybridized carbons (Fsp3) is 0.391. The van der Waals surface area contributed by atoms with Crippen molar-refractivity contribution in [3.63, 3.8) is 0 Å². The van der Waals surface area contributed by atoms with Gasteiger partial charge < -0.3 is 15.0 Å². The van der Waals surface area contributed by atoms with E-state index < -0.39 is 11.7 Å². The number of benzene rings is 2. The SMILES string of the molecule is CCCCOc1ccc([C@@H](C)NC(=O)[C@@H]2CC(=O)N(c3ccc(F)c(Cl)c3)C2)cc1. The summed E-state index contributed by atoms with van der Waals surface area (Å²) in [5.41, 5.74) is 1.45. The van der Waals surface area contributed by atoms with Crippen molar-refractivity contribution in [1.29, 1.82) is 0 Å². The van der Waals surface area contributed by atoms with E-state index in [1.54, 1.807) is 0 Å². The average Bonchev–Trinajstić information content (AvgIpc) is 3.12. The summed E-state index contributed by atoms with van der Waals surface area (Å²) in [6, 6.07) is 11.6. The van der Waals surface area contributed by atoms with Gasteiger partial charge in [-0.05, 0) is 49.2 Å². The van der Waals surface area contributed by atoms with E-state index in [-0.39, 0.29) is 35.8 Å². The number of nitrogens with zero attached hydrogens (tertiary/aromatic N) is 1. The number of carbonyl (C=O) groups excluding carboxylic acids is 2. The molecule has 2 amide bonds. The molecule has 5 nitrogen and oxygen atoms in total. The second kappa shape index (κ2) is 9.94. The van der Waals surface area contributed by atoms with Gasteiger partial charge in [-0.25, -0.2) is 4.39 Å². The Bertz CT molecular complexity index is 904. The van der Waals surface area contributed by atoms with E-state index in [0.717, 1.165) is 24.2 Å². The number of hydrogen-bond acceptors (Lipinski definition) is 3. The Morgan fingerprint density at radius 1 is 1.30 bits per heavy atom. The highest BCUT2D eigenvalue weighted by Crippen LogP contribution is 2.29. The molecule has 1 fully saturated rings. The van der Waals surface area contributed by atoms with E-state index in [9.17, 15) is 14.0 Å². The highest BCUT2D eigenvalue weighted by molar-refractivity contribution is 6.31. The van der Waals surface area contributed by atoms with Crippen LogP contribution in [0.4, 0.5) is 10.1 Å². The van der Waals surface area contributed by atoms with E-state index in [4.69, 9.17) is 16.3 Å². The molecule has 0 aliphatic carbocycles. The van der Waals surface area contributed by atoms with Crippen molar-refractivity contribution in [2.45, 2.75) is 39.2 Å². The van der Waals surface area contributed by atoms with Gasteiger partial charge in [0.25, 0.3) is 0 Å². The quantitative estimate of drug-likeness (QED) is 0.604. The van der Waals surface area contributed by atoms with E-state index in [2.05, 4.69) is 12.2 Å². The molecular formula is C23H26ClFN2O3. The molecular weight excluding hydrogens is 407 g/mol. The Balaban J connectivity index is 1.57. The van der Waals surface area contributed by atoms with Gasteiger partial charge in [0.15, 0.2) is 0 Å². The zero-order chi connectivity index (χ0) is 21.7. The minimum absolute atomic E-state index is 0.0519. The number of amides is 2. The van der Waals surface area contributed by atoms with Crippen LogP contribution in [-0.4, -0.2) is 25.0 Å². The molecule has 3 rings (SSSR count). The first-order valence-corrected chi connectivity index (χ1v) is 10.6. The van der Waals surface area contributed by atoms with Crippen LogP contribution in [0.5, 0.6) is 5.75 Å². The lowest BCUT2D eigenvalue weighted by Gasteiger charge is -2.19. The van der Waals surface area contributed by atoms with E-state index >= 15 is 0 Å². The molecule has 1 N–H and O–H groups in total. The fourth-order valence-corrected chi connectivity index (χ4v) is 3.56. The molecule has 1 aliphatic heterocycles. The average molecular weight is 433 g/mol. The molecule has 0 bridgehead atoms. The van der Waals surface area contributed by atoms with Crippen LogP contribution in [0.2, 0.25) is 5.02 Å². The molecule has 0 spiro atoms. The molecule has 2 atom stereocenters. The molecule has 1 aliphatic rings. The third kappa shape index (κ3) is 5.30. The zero-order valence-electron chi connectivity index (χ0n) is 17.2. The number of hydrogen-bond donors (Lipinski definition) is 1. The lowest BCUT2D eigenvalue weighted by atomic mass is 10.0. The van der Waals surface area contributed by atoms with Gasteiger partial charge in [-0.2, -0.15) is 0 Å². The first-order chi connectivity index (χ1) is 14.4. The summed E-state index contributed by atoms with van der Waals surface area (Å²) in [6.45, 7) is 4.94. The van der Waals surface area contributed by atoms with Crippen molar-refractivity contribution in [3.8, 4) is 5.75 Å². The van der Waals surface area contributed by atoms with Crippen LogP contribution in [0.3, 0.4) is 0 Å². The summed E-state index contributed by atoms with van der Waals surface area (Å²) in [5.74, 6) is -0.577. The van der Waals surface area contributed by atoms with Crippen molar-refractivity contribution in [1.82, 2.24) is 5.32 Å². The number of unbranched alkanes of at least 4 members (excludes halogenated alkanes) is 1. The Morgan fingerprint density at radius 3 is 2.70 bits per heavy atom. The Kier molecular flexibility index (Phi) is 7.32. The van der Waals surface area contributed by atoms with E-state index in [1.807, 2.05) is 31.2 Å². The van der Waals surface area contributed by atoms with Gasteiger partial charge in [0.2, 0.25) is 11.8 Å². The van der Waals surface area contributed by atoms with Gasteiger partial charge in [-0.3, -0.25) is 9.59 Å². The largest absolute Gasteiger partial charge is 0.494 e. The third-order valence-corrected chi connectivity index (χ3v) is 5.51. The number of carbonyl (C=O) groups is 2. The van der Waals surface area contributed by atoms with Crippen LogP contribution in [-0.2, 0) is 9.59 Å². The Labute approximate surface area is 181 Å². The molecule has 2 aromatic rings. The molecule has 0 aromatic heterocycles. The van der Waals surface area contributed by atoms with Crippen LogP contribution < -0.4 is 15.0 Å². The second-order valence-electron chi connectivity index (χ2n) is 7.51. The maximum atomic E-state index is 13.4. The van der Waals surface area contributed by atoms with Crippen molar-refractivity contribution in [2.75, 3.05) is 18.1 Å². The van der Waals surface area contributed by atoms with Gasteiger partial charge in [-0.1, -0.05) is 37.1 Å². The first kappa shape index (κ1) is 22.1. The van der Waals surface area contributed by atoms with Crippen molar-refractivity contribution in [2.24, 2.45) is 5.92 Å². The lowest BCUT2D eigenvalue weighted by molar-refractivity contribution is -0.126. The topological polar surface area (TPSA) is 58.6 Å². The van der Waals surface area contributed by atoms with Crippen molar-refractivity contribution >= 4 is 29.1 Å². The van der Waals surface area contributed by atoms with Gasteiger partial charge in [0.05, 0.1) is 23.6 Å². The zero-order valence-corrected chi connectivity index (χ0v) is 17.9. The molecule has 0 unspecified atom stereocenters. The molecule has 30 heavy (non-hydrogen) atoms. The normalized spacial score (nSPS) is 17.1. The summed E-state index contributed by atoms with van der Waals surface area (Å²) in [4.78, 5) is 26.6. The highest BCUT2D eigenvalue weighted by Gasteiger charge is 2.35. The highest BCUT2D eigenvalue weighted by atomic mass is 35.5. The van der Waals surface area contributed by atoms with Crippen molar-refractivity contribution in [3.05, 3.63) is 58.9 Å². The van der Waals surface area contributed by atoms with E-state index in [0.29, 0.717) is 12.3 Å². The van der Waals surface area contributed by atoms with Crippen LogP contribution in [0, 0.1) is 11.7 Å². The molecule has 2 aromatic carbocycles. The number of anilines is 1. The summed E-state index contributed by atoms with van der Waals surface area (Å²) >= 11 is 5.82. The first-order valence-electron chi connectivity index (χ1n) is 10.2. The Hall–Kier alpha value is -2.60. The summed E-state index contributed by atoms with van der Waals surface area (Å²) in [7, 11) is 0. The molecule has 160 valence electrons. The predicted octanol–water partition coefficient (Wildman–Crippen LogP) is 4.89. The third-order valence-electron chi connectivity index (χ3n) is 5.22. The van der Waals surface area contributed by atoms with Gasteiger partial charge in [-0.15, -0.1) is 0 Å². The standard InChI is InChI=1S/C23H26ClFN2O3/c1-3-4-11-30-19-8-5-16(6-9-19)15(2)26-23(29)17-12-22(28)27(14-17)18-7-10-21(25)20(24)13-18/h5-10,13,15,17H,3-4,11-12,14H2,1-2H3,(H,26,29)/t15-,17-/m1/s1. The number of halogens is 2. The number of ether oxygens (including phenoxy) is 1. The number of rotatable bonds is 8. The van der Waals surface area contributed by atoms with Crippen LogP contribution in [0.1, 0.15) is 44.7 Å². The maximum absolute atomic E-state index is 13.4. The van der Waals surface area contributed by atoms with Crippen LogP contribution >= 0.6 is 11.6 Å². The van der Waals surface area contributed by atoms with Crippen LogP contribution in [0.15, 0.2) is 42.5 Å². The van der Waals surface area contributed by atoms with Crippen molar-refractivity contribution < 1.29 is 18.7 Å². The van der Waals surface area contributed by atoms with Gasteiger partial charge in [0, 0.05) is 18.7 Å². The smallest absolute Gasteiger partial charge is 0.227 e. The minimum atomic E-state index is -0.544. The maximum Gasteiger partial charge on any atom is 0.227 e. The molecule has 0 radical (unpaired) electrons. The summed E-state index contributed by atoms with van der Waals surface area (Å²) in [5, 5.41) is 2.93. The molecule has 1 heterocycles. The van der Waals surface area contributed by atoms with Gasteiger partial charge >= 0.3 is 0 Å².